The van der Waals surface area contributed by atoms with Crippen LogP contribution in [0.3, 0.4) is 0 Å². The summed E-state index contributed by atoms with van der Waals surface area (Å²) in [6, 6.07) is 10.6. The molecule has 5 nitrogen and oxygen atoms in total. The fourth-order valence-corrected chi connectivity index (χ4v) is 2.69. The molecule has 0 radical (unpaired) electrons. The van der Waals surface area contributed by atoms with Gasteiger partial charge in [-0.05, 0) is 23.8 Å². The number of nitrogens with zero attached hydrogens (tertiary/aromatic N) is 3. The third kappa shape index (κ3) is 3.13. The molecule has 0 unspecified atom stereocenters. The van der Waals surface area contributed by atoms with E-state index in [9.17, 15) is 0 Å². The summed E-state index contributed by atoms with van der Waals surface area (Å²) in [5.41, 5.74) is 4.38. The van der Waals surface area contributed by atoms with Crippen LogP contribution in [0.4, 0.5) is 0 Å². The van der Waals surface area contributed by atoms with E-state index in [1.165, 1.54) is 0 Å². The topological polar surface area (TPSA) is 52.0 Å². The van der Waals surface area contributed by atoms with Crippen LogP contribution in [0.1, 0.15) is 6.04 Å². The maximum atomic E-state index is 5.21. The molecule has 1 N–H and O–H groups in total. The number of benzene rings is 1. The van der Waals surface area contributed by atoms with Crippen molar-refractivity contribution in [2.24, 2.45) is 0 Å². The number of ether oxygens (including phenoxy) is 1. The van der Waals surface area contributed by atoms with Gasteiger partial charge in [0.2, 0.25) is 0 Å². The van der Waals surface area contributed by atoms with Crippen molar-refractivity contribution in [1.82, 2.24) is 20.1 Å². The van der Waals surface area contributed by atoms with E-state index in [2.05, 4.69) is 27.7 Å². The quantitative estimate of drug-likeness (QED) is 0.791. The van der Waals surface area contributed by atoms with Crippen LogP contribution in [0.25, 0.3) is 22.3 Å². The van der Waals surface area contributed by atoms with Crippen LogP contribution in [-0.2, 0) is 0 Å². The van der Waals surface area contributed by atoms with E-state index in [0.29, 0.717) is 6.04 Å². The first-order chi connectivity index (χ1) is 11.3. The van der Waals surface area contributed by atoms with Crippen LogP contribution in [-0.4, -0.2) is 35.0 Å². The normalized spacial score (nSPS) is 13.9. The minimum absolute atomic E-state index is 0. The Bertz CT molecular complexity index is 812. The van der Waals surface area contributed by atoms with E-state index in [-0.39, 0.29) is 12.4 Å². The van der Waals surface area contributed by atoms with Gasteiger partial charge in [-0.3, -0.25) is 9.67 Å². The number of halogens is 1. The van der Waals surface area contributed by atoms with Crippen LogP contribution in [0, 0.1) is 0 Å². The molecule has 1 aromatic carbocycles. The number of methoxy groups -OCH3 is 1. The zero-order valence-corrected chi connectivity index (χ0v) is 14.2. The number of nitrogens with one attached hydrogen (secondary N) is 1. The molecule has 0 saturated carbocycles. The largest absolute Gasteiger partial charge is 0.497 e. The first kappa shape index (κ1) is 16.5. The Hall–Kier alpha value is -2.37. The first-order valence-corrected chi connectivity index (χ1v) is 7.68. The lowest BCUT2D eigenvalue weighted by Gasteiger charge is -2.27. The Kier molecular flexibility index (Phi) is 4.83. The maximum Gasteiger partial charge on any atom is 0.118 e. The summed E-state index contributed by atoms with van der Waals surface area (Å²) in [4.78, 5) is 4.39. The SMILES string of the molecule is COc1ccc(-c2cncc(-c3cnn(C4CNC4)c3)c2)cc1.Cl. The monoisotopic (exact) mass is 342 g/mol. The average Bonchev–Trinajstić information content (AvgIpc) is 3.03. The smallest absolute Gasteiger partial charge is 0.118 e. The van der Waals surface area contributed by atoms with E-state index in [1.54, 1.807) is 7.11 Å². The number of hydrogen-bond acceptors (Lipinski definition) is 4. The second-order valence-corrected chi connectivity index (χ2v) is 5.71. The van der Waals surface area contributed by atoms with Crippen LogP contribution in [0.5, 0.6) is 5.75 Å². The van der Waals surface area contributed by atoms with Gasteiger partial charge in [-0.25, -0.2) is 0 Å². The second kappa shape index (κ2) is 7.03. The van der Waals surface area contributed by atoms with E-state index < -0.39 is 0 Å². The molecular formula is C18H19ClN4O. The van der Waals surface area contributed by atoms with Crippen molar-refractivity contribution in [3.8, 4) is 28.0 Å². The number of rotatable bonds is 4. The highest BCUT2D eigenvalue weighted by Crippen LogP contribution is 2.27. The molecule has 1 saturated heterocycles. The van der Waals surface area contributed by atoms with Crippen molar-refractivity contribution in [1.29, 1.82) is 0 Å². The standard InChI is InChI=1S/C18H18N4O.ClH/c1-23-18-4-2-13(3-5-18)14-6-15(8-19-7-14)16-9-21-22(12-16)17-10-20-11-17;/h2-9,12,17,20H,10-11H2,1H3;1H. The van der Waals surface area contributed by atoms with Gasteiger partial charge < -0.3 is 10.1 Å². The summed E-state index contributed by atoms with van der Waals surface area (Å²) < 4.78 is 7.24. The van der Waals surface area contributed by atoms with Crippen molar-refractivity contribution in [2.45, 2.75) is 6.04 Å². The molecule has 0 aliphatic carbocycles. The molecule has 3 heterocycles. The third-order valence-electron chi connectivity index (χ3n) is 4.23. The van der Waals surface area contributed by atoms with Crippen molar-refractivity contribution in [2.75, 3.05) is 20.2 Å². The van der Waals surface area contributed by atoms with Gasteiger partial charge in [-0.15, -0.1) is 12.4 Å². The highest BCUT2D eigenvalue weighted by atomic mass is 35.5. The molecule has 4 rings (SSSR count). The van der Waals surface area contributed by atoms with Gasteiger partial charge in [0, 0.05) is 48.4 Å². The molecule has 3 aromatic rings. The van der Waals surface area contributed by atoms with Crippen LogP contribution >= 0.6 is 12.4 Å². The molecular weight excluding hydrogens is 324 g/mol. The van der Waals surface area contributed by atoms with Crippen LogP contribution < -0.4 is 10.1 Å². The molecule has 6 heteroatoms. The van der Waals surface area contributed by atoms with Crippen molar-refractivity contribution in [3.05, 3.63) is 55.1 Å². The Labute approximate surface area is 147 Å². The fourth-order valence-electron chi connectivity index (χ4n) is 2.69. The zero-order valence-electron chi connectivity index (χ0n) is 13.3. The van der Waals surface area contributed by atoms with E-state index in [1.807, 2.05) is 47.5 Å². The highest BCUT2D eigenvalue weighted by Gasteiger charge is 2.19. The first-order valence-electron chi connectivity index (χ1n) is 7.68. The molecule has 1 fully saturated rings. The summed E-state index contributed by atoms with van der Waals surface area (Å²) in [7, 11) is 1.67. The molecule has 0 bridgehead atoms. The average molecular weight is 343 g/mol. The predicted molar refractivity (Wildman–Crippen MR) is 96.6 cm³/mol. The van der Waals surface area contributed by atoms with Crippen molar-refractivity contribution < 1.29 is 4.74 Å². The second-order valence-electron chi connectivity index (χ2n) is 5.71. The molecule has 24 heavy (non-hydrogen) atoms. The van der Waals surface area contributed by atoms with Gasteiger partial charge in [0.05, 0.1) is 19.3 Å². The molecule has 1 aliphatic heterocycles. The van der Waals surface area contributed by atoms with E-state index in [0.717, 1.165) is 41.1 Å². The highest BCUT2D eigenvalue weighted by molar-refractivity contribution is 5.85. The Balaban J connectivity index is 0.00000169. The Morgan fingerprint density at radius 2 is 1.71 bits per heavy atom. The summed E-state index contributed by atoms with van der Waals surface area (Å²) in [5, 5.41) is 7.74. The molecule has 0 spiro atoms. The lowest BCUT2D eigenvalue weighted by Crippen LogP contribution is -2.43. The molecule has 0 amide bonds. The van der Waals surface area contributed by atoms with Crippen LogP contribution in [0.2, 0.25) is 0 Å². The minimum atomic E-state index is 0. The van der Waals surface area contributed by atoms with Crippen LogP contribution in [0.15, 0.2) is 55.1 Å². The molecule has 1 aliphatic rings. The zero-order chi connectivity index (χ0) is 15.6. The minimum Gasteiger partial charge on any atom is -0.497 e. The van der Waals surface area contributed by atoms with Gasteiger partial charge >= 0.3 is 0 Å². The van der Waals surface area contributed by atoms with Crippen molar-refractivity contribution >= 4 is 12.4 Å². The Morgan fingerprint density at radius 1 is 1.00 bits per heavy atom. The van der Waals surface area contributed by atoms with Gasteiger partial charge in [0.1, 0.15) is 5.75 Å². The summed E-state index contributed by atoms with van der Waals surface area (Å²) >= 11 is 0. The summed E-state index contributed by atoms with van der Waals surface area (Å²) in [6.07, 6.45) is 7.77. The number of pyridine rings is 1. The van der Waals surface area contributed by atoms with E-state index in [4.69, 9.17) is 4.74 Å². The van der Waals surface area contributed by atoms with Gasteiger partial charge in [-0.1, -0.05) is 12.1 Å². The van der Waals surface area contributed by atoms with Gasteiger partial charge in [0.15, 0.2) is 0 Å². The van der Waals surface area contributed by atoms with Crippen molar-refractivity contribution in [3.63, 3.8) is 0 Å². The fraction of sp³-hybridized carbons (Fsp3) is 0.222. The number of hydrogen-bond donors (Lipinski definition) is 1. The third-order valence-corrected chi connectivity index (χ3v) is 4.23. The lowest BCUT2D eigenvalue weighted by molar-refractivity contribution is 0.318. The molecule has 0 atom stereocenters. The summed E-state index contributed by atoms with van der Waals surface area (Å²) in [5.74, 6) is 0.855. The van der Waals surface area contributed by atoms with Gasteiger partial charge in [-0.2, -0.15) is 5.10 Å². The van der Waals surface area contributed by atoms with E-state index >= 15 is 0 Å². The summed E-state index contributed by atoms with van der Waals surface area (Å²) in [6.45, 7) is 1.98. The maximum absolute atomic E-state index is 5.21. The van der Waals surface area contributed by atoms with Gasteiger partial charge in [0.25, 0.3) is 0 Å². The Morgan fingerprint density at radius 3 is 2.33 bits per heavy atom. The molecule has 124 valence electrons. The number of aromatic nitrogens is 3. The molecule has 2 aromatic heterocycles. The lowest BCUT2D eigenvalue weighted by atomic mass is 10.0. The predicted octanol–water partition coefficient (Wildman–Crippen LogP) is 3.19.